The Bertz CT molecular complexity index is 594. The molecule has 0 spiro atoms. The van der Waals surface area contributed by atoms with Crippen molar-refractivity contribution in [3.8, 4) is 0 Å². The quantitative estimate of drug-likeness (QED) is 0.748. The standard InChI is InChI=1S/C19H25NO4.ClH/c1-3-11-23-19(22)17-15-10-9-14(20(15)2)12-16(17)24-18(21)13-7-5-4-6-8-13;/h4-8,14-17H,3,9-12H2,1-2H3;1H/t14-,15+,16-,17-;/m0./s1. The van der Waals surface area contributed by atoms with Gasteiger partial charge in [0.15, 0.2) is 0 Å². The molecular formula is C19H26ClNO4. The fraction of sp³-hybridized carbons (Fsp3) is 0.579. The Kier molecular flexibility index (Phi) is 6.85. The van der Waals surface area contributed by atoms with E-state index in [0.29, 0.717) is 24.6 Å². The van der Waals surface area contributed by atoms with Gasteiger partial charge in [0.05, 0.1) is 12.2 Å². The topological polar surface area (TPSA) is 55.8 Å². The molecule has 4 atom stereocenters. The number of carbonyl (C=O) groups is 2. The highest BCUT2D eigenvalue weighted by molar-refractivity contribution is 5.89. The highest BCUT2D eigenvalue weighted by atomic mass is 35.5. The molecule has 0 N–H and O–H groups in total. The third kappa shape index (κ3) is 4.15. The second kappa shape index (κ2) is 8.68. The predicted molar refractivity (Wildman–Crippen MR) is 96.8 cm³/mol. The lowest BCUT2D eigenvalue weighted by Gasteiger charge is -2.40. The van der Waals surface area contributed by atoms with Crippen molar-refractivity contribution in [1.29, 1.82) is 0 Å². The number of benzene rings is 1. The number of piperidine rings is 1. The largest absolute Gasteiger partial charge is 0.465 e. The van der Waals surface area contributed by atoms with Gasteiger partial charge in [-0.1, -0.05) is 25.1 Å². The second-order valence-corrected chi connectivity index (χ2v) is 6.70. The smallest absolute Gasteiger partial charge is 0.338 e. The van der Waals surface area contributed by atoms with E-state index in [4.69, 9.17) is 9.47 Å². The van der Waals surface area contributed by atoms with Crippen LogP contribution in [0.3, 0.4) is 0 Å². The summed E-state index contributed by atoms with van der Waals surface area (Å²) < 4.78 is 11.1. The van der Waals surface area contributed by atoms with E-state index in [9.17, 15) is 9.59 Å². The van der Waals surface area contributed by atoms with Crippen LogP contribution in [0.5, 0.6) is 0 Å². The molecule has 138 valence electrons. The molecule has 0 saturated carbocycles. The van der Waals surface area contributed by atoms with E-state index in [1.165, 1.54) is 0 Å². The van der Waals surface area contributed by atoms with E-state index < -0.39 is 12.0 Å². The summed E-state index contributed by atoms with van der Waals surface area (Å²) in [7, 11) is 2.05. The van der Waals surface area contributed by atoms with Gasteiger partial charge in [0.2, 0.25) is 0 Å². The molecule has 5 nitrogen and oxygen atoms in total. The summed E-state index contributed by atoms with van der Waals surface area (Å²) in [5.74, 6) is -0.995. The first-order chi connectivity index (χ1) is 11.6. The Balaban J connectivity index is 0.00000225. The van der Waals surface area contributed by atoms with Crippen molar-refractivity contribution in [3.05, 3.63) is 35.9 Å². The van der Waals surface area contributed by atoms with Crippen molar-refractivity contribution in [2.45, 2.75) is 50.8 Å². The van der Waals surface area contributed by atoms with Crippen LogP contribution in [-0.2, 0) is 14.3 Å². The van der Waals surface area contributed by atoms with Gasteiger partial charge in [0, 0.05) is 18.5 Å². The van der Waals surface area contributed by atoms with Gasteiger partial charge in [-0.05, 0) is 38.4 Å². The molecule has 0 amide bonds. The maximum absolute atomic E-state index is 12.6. The van der Waals surface area contributed by atoms with Crippen molar-refractivity contribution >= 4 is 24.3 Å². The lowest BCUT2D eigenvalue weighted by atomic mass is 9.87. The monoisotopic (exact) mass is 367 g/mol. The van der Waals surface area contributed by atoms with E-state index in [0.717, 1.165) is 19.3 Å². The average molecular weight is 368 g/mol. The zero-order valence-electron chi connectivity index (χ0n) is 14.7. The van der Waals surface area contributed by atoms with Crippen molar-refractivity contribution in [2.75, 3.05) is 13.7 Å². The molecule has 0 aliphatic carbocycles. The molecule has 1 aromatic carbocycles. The van der Waals surface area contributed by atoms with Gasteiger partial charge in [-0.25, -0.2) is 4.79 Å². The fourth-order valence-corrected chi connectivity index (χ4v) is 3.93. The van der Waals surface area contributed by atoms with Gasteiger partial charge in [0.25, 0.3) is 0 Å². The van der Waals surface area contributed by atoms with Gasteiger partial charge in [-0.2, -0.15) is 0 Å². The first-order valence-corrected chi connectivity index (χ1v) is 8.76. The zero-order valence-corrected chi connectivity index (χ0v) is 15.5. The van der Waals surface area contributed by atoms with Crippen LogP contribution in [0, 0.1) is 5.92 Å². The SMILES string of the molecule is CCCOC(=O)[C@@H]1[C@@H](OC(=O)c2ccccc2)C[C@@H]2CC[C@H]1N2C.Cl. The van der Waals surface area contributed by atoms with Crippen molar-refractivity contribution in [1.82, 2.24) is 4.90 Å². The Morgan fingerprint density at radius 2 is 1.92 bits per heavy atom. The lowest BCUT2D eigenvalue weighted by molar-refractivity contribution is -0.159. The molecule has 0 unspecified atom stereocenters. The number of rotatable bonds is 5. The van der Waals surface area contributed by atoms with Crippen LogP contribution in [0.2, 0.25) is 0 Å². The molecular weight excluding hydrogens is 342 g/mol. The maximum atomic E-state index is 12.6. The molecule has 2 saturated heterocycles. The zero-order chi connectivity index (χ0) is 17.1. The van der Waals surface area contributed by atoms with Gasteiger partial charge >= 0.3 is 11.9 Å². The molecule has 2 aliphatic heterocycles. The summed E-state index contributed by atoms with van der Waals surface area (Å²) in [6.45, 7) is 2.38. The lowest BCUT2D eigenvalue weighted by Crippen LogP contribution is -2.53. The van der Waals surface area contributed by atoms with Crippen LogP contribution in [0.15, 0.2) is 30.3 Å². The van der Waals surface area contributed by atoms with Gasteiger partial charge in [0.1, 0.15) is 12.0 Å². The minimum Gasteiger partial charge on any atom is -0.465 e. The van der Waals surface area contributed by atoms with Crippen molar-refractivity contribution < 1.29 is 19.1 Å². The fourth-order valence-electron chi connectivity index (χ4n) is 3.93. The van der Waals surface area contributed by atoms with E-state index in [2.05, 4.69) is 11.9 Å². The Morgan fingerprint density at radius 3 is 2.60 bits per heavy atom. The van der Waals surface area contributed by atoms with Crippen LogP contribution < -0.4 is 0 Å². The number of fused-ring (bicyclic) bond motifs is 2. The van der Waals surface area contributed by atoms with Crippen LogP contribution in [-0.4, -0.2) is 48.7 Å². The number of carbonyl (C=O) groups excluding carboxylic acids is 2. The molecule has 6 heteroatoms. The van der Waals surface area contributed by atoms with Crippen LogP contribution >= 0.6 is 12.4 Å². The van der Waals surface area contributed by atoms with Gasteiger partial charge in [-0.15, -0.1) is 12.4 Å². The highest BCUT2D eigenvalue weighted by Crippen LogP contribution is 2.40. The third-order valence-corrected chi connectivity index (χ3v) is 5.20. The third-order valence-electron chi connectivity index (χ3n) is 5.20. The molecule has 2 heterocycles. The summed E-state index contributed by atoms with van der Waals surface area (Å²) in [4.78, 5) is 27.3. The van der Waals surface area contributed by atoms with Crippen LogP contribution in [0.25, 0.3) is 0 Å². The van der Waals surface area contributed by atoms with Crippen molar-refractivity contribution in [2.24, 2.45) is 5.92 Å². The number of hydrogen-bond acceptors (Lipinski definition) is 5. The van der Waals surface area contributed by atoms with Crippen LogP contribution in [0.4, 0.5) is 0 Å². The molecule has 2 fully saturated rings. The molecule has 0 radical (unpaired) electrons. The predicted octanol–water partition coefficient (Wildman–Crippen LogP) is 3.07. The van der Waals surface area contributed by atoms with E-state index in [-0.39, 0.29) is 30.4 Å². The molecule has 2 bridgehead atoms. The van der Waals surface area contributed by atoms with Gasteiger partial charge < -0.3 is 9.47 Å². The summed E-state index contributed by atoms with van der Waals surface area (Å²) in [5, 5.41) is 0. The minimum absolute atomic E-state index is 0. The number of nitrogens with zero attached hydrogens (tertiary/aromatic N) is 1. The molecule has 25 heavy (non-hydrogen) atoms. The Hall–Kier alpha value is -1.59. The minimum atomic E-state index is -0.407. The second-order valence-electron chi connectivity index (χ2n) is 6.70. The summed E-state index contributed by atoms with van der Waals surface area (Å²) in [6, 6.07) is 9.41. The molecule has 1 aromatic rings. The number of ether oxygens (including phenoxy) is 2. The first kappa shape index (κ1) is 19.7. The number of esters is 2. The average Bonchev–Trinajstić information content (AvgIpc) is 2.83. The van der Waals surface area contributed by atoms with Crippen LogP contribution in [0.1, 0.15) is 43.0 Å². The number of halogens is 1. The highest BCUT2D eigenvalue weighted by Gasteiger charge is 2.51. The Morgan fingerprint density at radius 1 is 1.20 bits per heavy atom. The summed E-state index contributed by atoms with van der Waals surface area (Å²) in [5.41, 5.74) is 0.518. The molecule has 0 aromatic heterocycles. The summed E-state index contributed by atoms with van der Waals surface area (Å²) in [6.07, 6.45) is 3.06. The Labute approximate surface area is 155 Å². The van der Waals surface area contributed by atoms with E-state index in [1.54, 1.807) is 12.1 Å². The molecule has 3 rings (SSSR count). The summed E-state index contributed by atoms with van der Waals surface area (Å²) >= 11 is 0. The maximum Gasteiger partial charge on any atom is 0.338 e. The van der Waals surface area contributed by atoms with Gasteiger partial charge in [-0.3, -0.25) is 9.69 Å². The first-order valence-electron chi connectivity index (χ1n) is 8.76. The molecule has 2 aliphatic rings. The number of hydrogen-bond donors (Lipinski definition) is 0. The normalized spacial score (nSPS) is 28.1. The van der Waals surface area contributed by atoms with Crippen molar-refractivity contribution in [3.63, 3.8) is 0 Å². The van der Waals surface area contributed by atoms with E-state index >= 15 is 0 Å². The van der Waals surface area contributed by atoms with E-state index in [1.807, 2.05) is 25.1 Å².